The molecule has 0 unspecified atom stereocenters. The molecule has 2 aliphatic rings. The van der Waals surface area contributed by atoms with Crippen molar-refractivity contribution in [2.24, 2.45) is 0 Å². The number of carbonyl (C=O) groups is 1. The van der Waals surface area contributed by atoms with Crippen LogP contribution in [0.1, 0.15) is 22.6 Å². The van der Waals surface area contributed by atoms with Gasteiger partial charge in [0.25, 0.3) is 11.8 Å². The number of rotatable bonds is 2. The van der Waals surface area contributed by atoms with Crippen LogP contribution in [0.2, 0.25) is 0 Å². The molecule has 0 N–H and O–H groups in total. The number of fused-ring (bicyclic) bond motifs is 1. The molecule has 0 spiro atoms. The van der Waals surface area contributed by atoms with Crippen molar-refractivity contribution in [3.8, 4) is 11.5 Å². The number of likely N-dealkylation sites (N-methyl/N-ethyl adjacent to an activating group) is 1. The summed E-state index contributed by atoms with van der Waals surface area (Å²) in [6.07, 6.45) is 1.07. The summed E-state index contributed by atoms with van der Waals surface area (Å²) in [6.45, 7) is 4.78. The van der Waals surface area contributed by atoms with Gasteiger partial charge in [-0.2, -0.15) is 4.98 Å². The summed E-state index contributed by atoms with van der Waals surface area (Å²) in [5.74, 6) is 0.935. The molecule has 2 aromatic rings. The topological polar surface area (TPSA) is 71.7 Å². The molecule has 1 aromatic carbocycles. The molecule has 0 saturated carbocycles. The fourth-order valence-corrected chi connectivity index (χ4v) is 3.70. The van der Waals surface area contributed by atoms with Crippen LogP contribution in [0.3, 0.4) is 0 Å². The van der Waals surface area contributed by atoms with Gasteiger partial charge in [0.05, 0.1) is 29.9 Å². The van der Waals surface area contributed by atoms with E-state index >= 15 is 0 Å². The number of nitrogens with zero attached hydrogens (tertiary/aromatic N) is 4. The van der Waals surface area contributed by atoms with E-state index in [0.29, 0.717) is 36.0 Å². The van der Waals surface area contributed by atoms with Crippen molar-refractivity contribution in [2.45, 2.75) is 25.5 Å². The normalized spacial score (nSPS) is 24.2. The average molecular weight is 342 g/mol. The third kappa shape index (κ3) is 3.05. The molecule has 2 atom stereocenters. The SMILES string of the molecule is Cc1noc(-c2ccccc2C(=O)N2CCO[C@H]3CCN(C)C[C@H]32)n1. The molecule has 0 bridgehead atoms. The van der Waals surface area contributed by atoms with Gasteiger partial charge in [0.2, 0.25) is 0 Å². The van der Waals surface area contributed by atoms with E-state index in [2.05, 4.69) is 22.1 Å². The second kappa shape index (κ2) is 6.57. The number of ether oxygens (including phenoxy) is 1. The number of aromatic nitrogens is 2. The maximum absolute atomic E-state index is 13.3. The van der Waals surface area contributed by atoms with Crippen LogP contribution in [-0.4, -0.2) is 71.3 Å². The zero-order chi connectivity index (χ0) is 17.4. The van der Waals surface area contributed by atoms with Gasteiger partial charge in [-0.3, -0.25) is 4.79 Å². The number of piperidine rings is 1. The highest BCUT2D eigenvalue weighted by Crippen LogP contribution is 2.28. The van der Waals surface area contributed by atoms with Gasteiger partial charge in [-0.15, -0.1) is 0 Å². The Labute approximate surface area is 146 Å². The first kappa shape index (κ1) is 16.2. The quantitative estimate of drug-likeness (QED) is 0.825. The Balaban J connectivity index is 1.66. The van der Waals surface area contributed by atoms with Gasteiger partial charge in [0.15, 0.2) is 5.82 Å². The van der Waals surface area contributed by atoms with Gasteiger partial charge in [-0.25, -0.2) is 0 Å². The molecule has 1 amide bonds. The van der Waals surface area contributed by atoms with Crippen molar-refractivity contribution in [1.29, 1.82) is 0 Å². The molecule has 3 heterocycles. The maximum atomic E-state index is 13.3. The van der Waals surface area contributed by atoms with E-state index in [-0.39, 0.29) is 18.1 Å². The predicted molar refractivity (Wildman–Crippen MR) is 91.1 cm³/mol. The van der Waals surface area contributed by atoms with E-state index in [9.17, 15) is 4.79 Å². The fraction of sp³-hybridized carbons (Fsp3) is 0.500. The van der Waals surface area contributed by atoms with Crippen LogP contribution < -0.4 is 0 Å². The van der Waals surface area contributed by atoms with Gasteiger partial charge >= 0.3 is 0 Å². The lowest BCUT2D eigenvalue weighted by molar-refractivity contribution is -0.0869. The highest BCUT2D eigenvalue weighted by molar-refractivity contribution is 6.00. The van der Waals surface area contributed by atoms with E-state index < -0.39 is 0 Å². The number of benzene rings is 1. The smallest absolute Gasteiger partial charge is 0.258 e. The van der Waals surface area contributed by atoms with Crippen molar-refractivity contribution < 1.29 is 14.1 Å². The Morgan fingerprint density at radius 2 is 2.12 bits per heavy atom. The van der Waals surface area contributed by atoms with Crippen LogP contribution >= 0.6 is 0 Å². The molecule has 25 heavy (non-hydrogen) atoms. The van der Waals surface area contributed by atoms with Crippen LogP contribution in [0.4, 0.5) is 0 Å². The molecule has 0 radical (unpaired) electrons. The number of likely N-dealkylation sites (tertiary alicyclic amines) is 1. The van der Waals surface area contributed by atoms with Gasteiger partial charge in [-0.1, -0.05) is 17.3 Å². The summed E-state index contributed by atoms with van der Waals surface area (Å²) in [7, 11) is 2.09. The highest BCUT2D eigenvalue weighted by Gasteiger charge is 2.39. The molecule has 2 fully saturated rings. The first-order valence-electron chi connectivity index (χ1n) is 8.64. The zero-order valence-electron chi connectivity index (χ0n) is 14.5. The number of hydrogen-bond acceptors (Lipinski definition) is 6. The number of hydrogen-bond donors (Lipinski definition) is 0. The van der Waals surface area contributed by atoms with Crippen molar-refractivity contribution in [2.75, 3.05) is 33.3 Å². The lowest BCUT2D eigenvalue weighted by atomic mass is 9.97. The van der Waals surface area contributed by atoms with E-state index in [1.54, 1.807) is 6.92 Å². The van der Waals surface area contributed by atoms with Gasteiger partial charge in [-0.05, 0) is 32.5 Å². The minimum Gasteiger partial charge on any atom is -0.374 e. The van der Waals surface area contributed by atoms with Crippen LogP contribution in [0, 0.1) is 6.92 Å². The Bertz CT molecular complexity index is 775. The summed E-state index contributed by atoms with van der Waals surface area (Å²) in [4.78, 5) is 21.8. The molecule has 1 aromatic heterocycles. The Morgan fingerprint density at radius 3 is 2.92 bits per heavy atom. The molecule has 7 heteroatoms. The van der Waals surface area contributed by atoms with Gasteiger partial charge in [0.1, 0.15) is 0 Å². The van der Waals surface area contributed by atoms with Crippen LogP contribution in [0.15, 0.2) is 28.8 Å². The number of amides is 1. The first-order chi connectivity index (χ1) is 12.1. The summed E-state index contributed by atoms with van der Waals surface area (Å²) in [5, 5.41) is 3.84. The zero-order valence-corrected chi connectivity index (χ0v) is 14.5. The second-order valence-electron chi connectivity index (χ2n) is 6.72. The average Bonchev–Trinajstić information content (AvgIpc) is 3.07. The van der Waals surface area contributed by atoms with Crippen molar-refractivity contribution in [3.05, 3.63) is 35.7 Å². The van der Waals surface area contributed by atoms with Crippen molar-refractivity contribution in [1.82, 2.24) is 19.9 Å². The minimum absolute atomic E-state index is 0.0000491. The number of carbonyl (C=O) groups excluding carboxylic acids is 1. The summed E-state index contributed by atoms with van der Waals surface area (Å²) in [6, 6.07) is 7.50. The third-order valence-electron chi connectivity index (χ3n) is 4.96. The second-order valence-corrected chi connectivity index (χ2v) is 6.72. The van der Waals surface area contributed by atoms with E-state index in [0.717, 1.165) is 19.5 Å². The van der Waals surface area contributed by atoms with Crippen LogP contribution in [-0.2, 0) is 4.74 Å². The van der Waals surface area contributed by atoms with E-state index in [4.69, 9.17) is 9.26 Å². The van der Waals surface area contributed by atoms with Gasteiger partial charge in [0, 0.05) is 19.6 Å². The van der Waals surface area contributed by atoms with E-state index in [1.165, 1.54) is 0 Å². The Kier molecular flexibility index (Phi) is 4.27. The third-order valence-corrected chi connectivity index (χ3v) is 4.96. The molecule has 2 aliphatic heterocycles. The Hall–Kier alpha value is -2.25. The molecule has 132 valence electrons. The van der Waals surface area contributed by atoms with Crippen molar-refractivity contribution >= 4 is 5.91 Å². The fourth-order valence-electron chi connectivity index (χ4n) is 3.70. The molecule has 0 aliphatic carbocycles. The minimum atomic E-state index is 0.0000491. The largest absolute Gasteiger partial charge is 0.374 e. The van der Waals surface area contributed by atoms with E-state index in [1.807, 2.05) is 29.2 Å². The summed E-state index contributed by atoms with van der Waals surface area (Å²) >= 11 is 0. The predicted octanol–water partition coefficient (Wildman–Crippen LogP) is 1.59. The molecule has 4 rings (SSSR count). The lowest BCUT2D eigenvalue weighted by Crippen LogP contribution is -2.60. The molecule has 7 nitrogen and oxygen atoms in total. The number of aryl methyl sites for hydroxylation is 1. The summed E-state index contributed by atoms with van der Waals surface area (Å²) < 4.78 is 11.2. The maximum Gasteiger partial charge on any atom is 0.258 e. The first-order valence-corrected chi connectivity index (χ1v) is 8.64. The monoisotopic (exact) mass is 342 g/mol. The molecule has 2 saturated heterocycles. The standard InChI is InChI=1S/C18H22N4O3/c1-12-19-17(25-20-12)13-5-3-4-6-14(13)18(23)22-9-10-24-16-7-8-21(2)11-15(16)22/h3-6,15-16H,7-11H2,1-2H3/t15-,16+/m1/s1. The lowest BCUT2D eigenvalue weighted by Gasteiger charge is -2.46. The summed E-state index contributed by atoms with van der Waals surface area (Å²) in [5.41, 5.74) is 1.28. The number of morpholine rings is 1. The molecular formula is C18H22N4O3. The highest BCUT2D eigenvalue weighted by atomic mass is 16.5. The molecular weight excluding hydrogens is 320 g/mol. The van der Waals surface area contributed by atoms with Crippen molar-refractivity contribution in [3.63, 3.8) is 0 Å². The van der Waals surface area contributed by atoms with Crippen LogP contribution in [0.25, 0.3) is 11.5 Å². The van der Waals surface area contributed by atoms with Crippen LogP contribution in [0.5, 0.6) is 0 Å². The Morgan fingerprint density at radius 1 is 1.28 bits per heavy atom. The van der Waals surface area contributed by atoms with Gasteiger partial charge < -0.3 is 19.1 Å².